The Labute approximate surface area is 122 Å². The number of hydrogen-bond acceptors (Lipinski definition) is 2. The molecule has 1 aromatic carbocycles. The summed E-state index contributed by atoms with van der Waals surface area (Å²) in [6, 6.07) is 10.6. The first-order chi connectivity index (χ1) is 9.64. The Morgan fingerprint density at radius 1 is 1.35 bits per heavy atom. The Bertz CT molecular complexity index is 403. The van der Waals surface area contributed by atoms with E-state index in [1.165, 1.54) is 5.56 Å². The molecule has 0 bridgehead atoms. The number of quaternary nitrogens is 1. The van der Waals surface area contributed by atoms with Crippen molar-refractivity contribution < 1.29 is 15.6 Å². The maximum Gasteiger partial charge on any atom is 0.0799 e. The van der Waals surface area contributed by atoms with E-state index in [2.05, 4.69) is 49.9 Å². The van der Waals surface area contributed by atoms with Gasteiger partial charge >= 0.3 is 0 Å². The molecule has 0 unspecified atom stereocenters. The quantitative estimate of drug-likeness (QED) is 0.859. The van der Waals surface area contributed by atoms with Crippen LogP contribution in [0, 0.1) is 11.8 Å². The molecule has 2 rings (SSSR count). The first-order valence-corrected chi connectivity index (χ1v) is 7.71. The molecule has 1 aliphatic rings. The fourth-order valence-electron chi connectivity index (χ4n) is 3.52. The predicted octanol–water partition coefficient (Wildman–Crippen LogP) is 1.61. The summed E-state index contributed by atoms with van der Waals surface area (Å²) in [6.45, 7) is 6.15. The Balaban J connectivity index is 2.39. The molecule has 0 saturated carbocycles. The molecule has 1 aromatic rings. The molecule has 3 nitrogen and oxygen atoms in total. The molecule has 0 radical (unpaired) electrons. The van der Waals surface area contributed by atoms with Gasteiger partial charge in [-0.3, -0.25) is 0 Å². The number of ether oxygens (including phenoxy) is 1. The molecule has 0 amide bonds. The summed E-state index contributed by atoms with van der Waals surface area (Å²) in [5.74, 6) is 0.706. The molecule has 0 aromatic heterocycles. The largest absolute Gasteiger partial charge is 0.396 e. The summed E-state index contributed by atoms with van der Waals surface area (Å²) >= 11 is 0. The highest BCUT2D eigenvalue weighted by Crippen LogP contribution is 2.44. The summed E-state index contributed by atoms with van der Waals surface area (Å²) in [6.07, 6.45) is 2.22. The van der Waals surface area contributed by atoms with E-state index in [0.29, 0.717) is 5.92 Å². The third-order valence-electron chi connectivity index (χ3n) is 4.89. The van der Waals surface area contributed by atoms with E-state index in [4.69, 9.17) is 4.74 Å². The van der Waals surface area contributed by atoms with Gasteiger partial charge in [0.1, 0.15) is 0 Å². The van der Waals surface area contributed by atoms with Gasteiger partial charge in [0.15, 0.2) is 0 Å². The van der Waals surface area contributed by atoms with Crippen molar-refractivity contribution in [2.24, 2.45) is 11.8 Å². The molecule has 112 valence electrons. The topological polar surface area (TPSA) is 57.1 Å². The summed E-state index contributed by atoms with van der Waals surface area (Å²) in [7, 11) is 0. The number of benzene rings is 1. The van der Waals surface area contributed by atoms with Crippen LogP contribution in [0.5, 0.6) is 0 Å². The van der Waals surface area contributed by atoms with Crippen LogP contribution in [-0.4, -0.2) is 31.0 Å². The lowest BCUT2D eigenvalue weighted by atomic mass is 9.63. The zero-order chi connectivity index (χ0) is 14.6. The minimum atomic E-state index is 0.00491. The molecule has 1 saturated heterocycles. The monoisotopic (exact) mass is 278 g/mol. The fraction of sp³-hybridized carbons (Fsp3) is 0.647. The molecule has 4 N–H and O–H groups in total. The van der Waals surface area contributed by atoms with Gasteiger partial charge in [-0.05, 0) is 24.3 Å². The van der Waals surface area contributed by atoms with Gasteiger partial charge in [-0.1, -0.05) is 44.2 Å². The number of aliphatic hydroxyl groups is 1. The van der Waals surface area contributed by atoms with Crippen LogP contribution in [-0.2, 0) is 10.2 Å². The number of rotatable bonds is 5. The van der Waals surface area contributed by atoms with Gasteiger partial charge in [0.05, 0.1) is 19.3 Å². The summed E-state index contributed by atoms with van der Waals surface area (Å²) in [5.41, 5.74) is 5.41. The highest BCUT2D eigenvalue weighted by molar-refractivity contribution is 5.28. The van der Waals surface area contributed by atoms with E-state index < -0.39 is 0 Å². The lowest BCUT2D eigenvalue weighted by molar-refractivity contribution is -0.386. The van der Waals surface area contributed by atoms with Gasteiger partial charge in [0, 0.05) is 17.9 Å². The van der Waals surface area contributed by atoms with E-state index in [9.17, 15) is 5.11 Å². The number of hydrogen-bond donors (Lipinski definition) is 2. The molecule has 3 atom stereocenters. The van der Waals surface area contributed by atoms with Crippen LogP contribution in [0.15, 0.2) is 30.3 Å². The van der Waals surface area contributed by atoms with E-state index >= 15 is 0 Å². The van der Waals surface area contributed by atoms with Crippen molar-refractivity contribution in [1.29, 1.82) is 0 Å². The first kappa shape index (κ1) is 15.5. The molecule has 1 heterocycles. The van der Waals surface area contributed by atoms with E-state index in [1.54, 1.807) is 0 Å². The standard InChI is InChI=1S/C17H27NO2/c1-13(2)16-10-17(8-9-20-16,15(11-18)12-19)14-6-4-3-5-7-14/h3-7,13,15-16,19H,8-12,18H2,1-2H3/p+1/t15-,16-,17-/m0/s1. The van der Waals surface area contributed by atoms with Gasteiger partial charge in [-0.15, -0.1) is 0 Å². The zero-order valence-corrected chi connectivity index (χ0v) is 12.7. The Kier molecular flexibility index (Phi) is 5.19. The normalized spacial score (nSPS) is 28.6. The lowest BCUT2D eigenvalue weighted by Gasteiger charge is -2.46. The van der Waals surface area contributed by atoms with E-state index in [0.717, 1.165) is 26.0 Å². The van der Waals surface area contributed by atoms with Crippen LogP contribution >= 0.6 is 0 Å². The smallest absolute Gasteiger partial charge is 0.0799 e. The van der Waals surface area contributed by atoms with Crippen LogP contribution in [0.1, 0.15) is 32.3 Å². The third-order valence-corrected chi connectivity index (χ3v) is 4.89. The molecular weight excluding hydrogens is 250 g/mol. The summed E-state index contributed by atoms with van der Waals surface area (Å²) < 4.78 is 5.95. The highest BCUT2D eigenvalue weighted by atomic mass is 16.5. The predicted molar refractivity (Wildman–Crippen MR) is 80.3 cm³/mol. The molecular formula is C17H28NO2+. The second-order valence-electron chi connectivity index (χ2n) is 6.30. The van der Waals surface area contributed by atoms with Crippen LogP contribution in [0.3, 0.4) is 0 Å². The summed E-state index contributed by atoms with van der Waals surface area (Å²) in [4.78, 5) is 0. The fourth-order valence-corrected chi connectivity index (χ4v) is 3.52. The van der Waals surface area contributed by atoms with Gasteiger partial charge in [-0.25, -0.2) is 0 Å². The minimum absolute atomic E-state index is 0.00491. The SMILES string of the molecule is CC(C)[C@@H]1C[C@@](c2ccccc2)([C@@H](C[NH3+])CO)CCO1. The van der Waals surface area contributed by atoms with Crippen molar-refractivity contribution in [2.45, 2.75) is 38.2 Å². The van der Waals surface area contributed by atoms with E-state index in [-0.39, 0.29) is 24.0 Å². The van der Waals surface area contributed by atoms with Gasteiger partial charge in [0.25, 0.3) is 0 Å². The van der Waals surface area contributed by atoms with Crippen molar-refractivity contribution >= 4 is 0 Å². The van der Waals surface area contributed by atoms with Crippen LogP contribution < -0.4 is 5.73 Å². The van der Waals surface area contributed by atoms with Crippen molar-refractivity contribution in [3.05, 3.63) is 35.9 Å². The minimum Gasteiger partial charge on any atom is -0.396 e. The number of aliphatic hydroxyl groups excluding tert-OH is 1. The van der Waals surface area contributed by atoms with Crippen LogP contribution in [0.2, 0.25) is 0 Å². The Morgan fingerprint density at radius 3 is 2.60 bits per heavy atom. The third kappa shape index (κ3) is 2.90. The molecule has 20 heavy (non-hydrogen) atoms. The zero-order valence-electron chi connectivity index (χ0n) is 12.7. The van der Waals surface area contributed by atoms with Crippen LogP contribution in [0.25, 0.3) is 0 Å². The van der Waals surface area contributed by atoms with E-state index in [1.807, 2.05) is 0 Å². The second kappa shape index (κ2) is 6.70. The maximum atomic E-state index is 9.85. The maximum absolute atomic E-state index is 9.85. The van der Waals surface area contributed by atoms with Crippen LogP contribution in [0.4, 0.5) is 0 Å². The van der Waals surface area contributed by atoms with Crippen molar-refractivity contribution in [3.8, 4) is 0 Å². The molecule has 0 aliphatic carbocycles. The molecule has 1 fully saturated rings. The second-order valence-corrected chi connectivity index (χ2v) is 6.30. The van der Waals surface area contributed by atoms with Crippen molar-refractivity contribution in [1.82, 2.24) is 0 Å². The molecule has 1 aliphatic heterocycles. The van der Waals surface area contributed by atoms with Gasteiger partial charge in [-0.2, -0.15) is 0 Å². The van der Waals surface area contributed by atoms with Gasteiger partial charge in [0.2, 0.25) is 0 Å². The molecule has 3 heteroatoms. The molecule has 0 spiro atoms. The Hall–Kier alpha value is -0.900. The lowest BCUT2D eigenvalue weighted by Crippen LogP contribution is -2.60. The average molecular weight is 278 g/mol. The highest BCUT2D eigenvalue weighted by Gasteiger charge is 2.45. The Morgan fingerprint density at radius 2 is 2.05 bits per heavy atom. The van der Waals surface area contributed by atoms with Crippen molar-refractivity contribution in [2.75, 3.05) is 19.8 Å². The van der Waals surface area contributed by atoms with Crippen molar-refractivity contribution in [3.63, 3.8) is 0 Å². The first-order valence-electron chi connectivity index (χ1n) is 7.71. The average Bonchev–Trinajstić information content (AvgIpc) is 2.49. The van der Waals surface area contributed by atoms with Gasteiger partial charge < -0.3 is 15.6 Å². The summed E-state index contributed by atoms with van der Waals surface area (Å²) in [5, 5.41) is 9.85.